The number of unbranched alkanes of at least 4 members (excludes halogenated alkanes) is 1. The van der Waals surface area contributed by atoms with E-state index in [1.165, 1.54) is 19.3 Å². The number of halogens is 2. The van der Waals surface area contributed by atoms with Gasteiger partial charge in [0, 0.05) is 26.5 Å². The Morgan fingerprint density at radius 3 is 2.08 bits per heavy atom. The number of nitrogens with zero attached hydrogens (tertiary/aromatic N) is 1. The number of hydrogen-bond acceptors (Lipinski definition) is 2. The number of anilines is 2. The molecule has 0 saturated carbocycles. The van der Waals surface area contributed by atoms with Crippen molar-refractivity contribution in [3.63, 3.8) is 0 Å². The minimum absolute atomic E-state index is 0.609. The van der Waals surface area contributed by atoms with Crippen LogP contribution in [-0.2, 0) is 0 Å². The molecular weight excluding hydrogens is 499 g/mol. The molecule has 5 aromatic rings. The van der Waals surface area contributed by atoms with Crippen LogP contribution in [0.5, 0.6) is 5.75 Å². The van der Waals surface area contributed by atoms with E-state index in [2.05, 4.69) is 60.1 Å². The van der Waals surface area contributed by atoms with Gasteiger partial charge < -0.3 is 14.6 Å². The molecule has 4 aromatic carbocycles. The lowest BCUT2D eigenvalue weighted by Gasteiger charge is -2.17. The number of rotatable bonds is 10. The van der Waals surface area contributed by atoms with Crippen molar-refractivity contribution in [1.29, 1.82) is 0 Å². The minimum atomic E-state index is 0.609. The zero-order valence-corrected chi connectivity index (χ0v) is 22.8. The molecule has 0 bridgehead atoms. The average Bonchev–Trinajstić information content (AvgIpc) is 3.22. The van der Waals surface area contributed by atoms with Crippen molar-refractivity contribution in [2.75, 3.05) is 11.9 Å². The first-order valence-electron chi connectivity index (χ1n) is 13.1. The molecule has 1 N–H and O–H groups in total. The number of ether oxygens (including phenoxy) is 1. The summed E-state index contributed by atoms with van der Waals surface area (Å²) in [4.78, 5) is 0. The summed E-state index contributed by atoms with van der Waals surface area (Å²) in [5.74, 6) is 1.51. The van der Waals surface area contributed by atoms with Crippen LogP contribution in [-0.4, -0.2) is 11.2 Å². The van der Waals surface area contributed by atoms with E-state index in [1.807, 2.05) is 48.5 Å². The van der Waals surface area contributed by atoms with Crippen molar-refractivity contribution in [2.45, 2.75) is 39.5 Å². The third kappa shape index (κ3) is 5.58. The summed E-state index contributed by atoms with van der Waals surface area (Å²) in [7, 11) is 0. The molecule has 1 atom stereocenters. The Bertz CT molecular complexity index is 1450. The molecule has 0 spiro atoms. The van der Waals surface area contributed by atoms with Crippen LogP contribution in [0.2, 0.25) is 10.0 Å². The Balaban J connectivity index is 1.45. The molecule has 1 heterocycles. The first kappa shape index (κ1) is 25.5. The SMILES string of the molecule is CCCCC(CC)COc1ccc(Nc2ccccc2-n2c3cc(Cl)ccc3c3ccc(Cl)cc32)cc1. The molecule has 37 heavy (non-hydrogen) atoms. The summed E-state index contributed by atoms with van der Waals surface area (Å²) in [5.41, 5.74) is 5.08. The zero-order chi connectivity index (χ0) is 25.8. The summed E-state index contributed by atoms with van der Waals surface area (Å²) in [5, 5.41) is 7.28. The highest BCUT2D eigenvalue weighted by Crippen LogP contribution is 2.37. The van der Waals surface area contributed by atoms with Gasteiger partial charge in [-0.3, -0.25) is 0 Å². The van der Waals surface area contributed by atoms with E-state index in [4.69, 9.17) is 27.9 Å². The molecule has 0 fully saturated rings. The van der Waals surface area contributed by atoms with E-state index in [0.717, 1.165) is 57.6 Å². The second-order valence-electron chi connectivity index (χ2n) is 9.55. The van der Waals surface area contributed by atoms with Gasteiger partial charge in [0.2, 0.25) is 0 Å². The second-order valence-corrected chi connectivity index (χ2v) is 10.4. The Morgan fingerprint density at radius 2 is 1.46 bits per heavy atom. The Labute approximate surface area is 229 Å². The number of aromatic nitrogens is 1. The van der Waals surface area contributed by atoms with E-state index in [-0.39, 0.29) is 0 Å². The van der Waals surface area contributed by atoms with Crippen LogP contribution in [0.25, 0.3) is 27.5 Å². The van der Waals surface area contributed by atoms with Gasteiger partial charge in [-0.25, -0.2) is 0 Å². The van der Waals surface area contributed by atoms with Crippen LogP contribution >= 0.6 is 23.2 Å². The second kappa shape index (κ2) is 11.5. The van der Waals surface area contributed by atoms with Gasteiger partial charge in [-0.2, -0.15) is 0 Å². The van der Waals surface area contributed by atoms with E-state index in [1.54, 1.807) is 0 Å². The van der Waals surface area contributed by atoms with Crippen LogP contribution in [0.1, 0.15) is 39.5 Å². The molecule has 0 aliphatic heterocycles. The third-order valence-corrected chi connectivity index (χ3v) is 7.47. The summed E-state index contributed by atoms with van der Waals surface area (Å²) in [6, 6.07) is 28.5. The molecule has 0 amide bonds. The molecule has 0 radical (unpaired) electrons. The first-order valence-corrected chi connectivity index (χ1v) is 13.8. The predicted molar refractivity (Wildman–Crippen MR) is 159 cm³/mol. The Kier molecular flexibility index (Phi) is 7.93. The van der Waals surface area contributed by atoms with Gasteiger partial charge in [0.1, 0.15) is 5.75 Å². The monoisotopic (exact) mass is 530 g/mol. The van der Waals surface area contributed by atoms with Crippen LogP contribution in [0, 0.1) is 5.92 Å². The van der Waals surface area contributed by atoms with Gasteiger partial charge in [0.15, 0.2) is 0 Å². The quantitative estimate of drug-likeness (QED) is 0.194. The molecule has 1 unspecified atom stereocenters. The van der Waals surface area contributed by atoms with Crippen LogP contribution in [0.3, 0.4) is 0 Å². The number of nitrogens with one attached hydrogen (secondary N) is 1. The van der Waals surface area contributed by atoms with Gasteiger partial charge in [-0.1, -0.05) is 80.6 Å². The highest BCUT2D eigenvalue weighted by Gasteiger charge is 2.16. The lowest BCUT2D eigenvalue weighted by atomic mass is 10.0. The minimum Gasteiger partial charge on any atom is -0.493 e. The smallest absolute Gasteiger partial charge is 0.119 e. The van der Waals surface area contributed by atoms with Crippen molar-refractivity contribution < 1.29 is 4.74 Å². The predicted octanol–water partition coefficient (Wildman–Crippen LogP) is 10.4. The van der Waals surface area contributed by atoms with Crippen LogP contribution in [0.4, 0.5) is 11.4 Å². The van der Waals surface area contributed by atoms with Crippen molar-refractivity contribution in [3.8, 4) is 11.4 Å². The molecule has 0 aliphatic rings. The van der Waals surface area contributed by atoms with Crippen molar-refractivity contribution in [3.05, 3.63) is 95.0 Å². The summed E-state index contributed by atoms with van der Waals surface area (Å²) < 4.78 is 8.33. The fraction of sp³-hybridized carbons (Fsp3) is 0.250. The van der Waals surface area contributed by atoms with Gasteiger partial charge in [0.05, 0.1) is 29.0 Å². The largest absolute Gasteiger partial charge is 0.493 e. The van der Waals surface area contributed by atoms with Gasteiger partial charge in [0.25, 0.3) is 0 Å². The molecular formula is C32H32Cl2N2O. The third-order valence-electron chi connectivity index (χ3n) is 7.00. The first-order chi connectivity index (χ1) is 18.1. The highest BCUT2D eigenvalue weighted by atomic mass is 35.5. The molecule has 3 nitrogen and oxygen atoms in total. The molecule has 1 aromatic heterocycles. The maximum absolute atomic E-state index is 6.43. The van der Waals surface area contributed by atoms with Gasteiger partial charge in [-0.05, 0) is 73.0 Å². The molecule has 0 aliphatic carbocycles. The van der Waals surface area contributed by atoms with Crippen LogP contribution < -0.4 is 10.1 Å². The van der Waals surface area contributed by atoms with E-state index < -0.39 is 0 Å². The van der Waals surface area contributed by atoms with Gasteiger partial charge >= 0.3 is 0 Å². The normalized spacial score (nSPS) is 12.2. The standard InChI is InChI=1S/C32H32Cl2N2O/c1-3-5-8-22(4-2)21-37-26-15-13-25(14-16-26)35-29-9-6-7-10-30(29)36-31-19-23(33)11-17-27(31)28-18-12-24(34)20-32(28)36/h6-7,9-20,22,35H,3-5,8,21H2,1-2H3. The summed E-state index contributed by atoms with van der Waals surface area (Å²) in [6.07, 6.45) is 4.86. The van der Waals surface area contributed by atoms with Crippen molar-refractivity contribution in [1.82, 2.24) is 4.57 Å². The van der Waals surface area contributed by atoms with E-state index in [9.17, 15) is 0 Å². The number of hydrogen-bond donors (Lipinski definition) is 1. The molecule has 5 heteroatoms. The molecule has 0 saturated heterocycles. The van der Waals surface area contributed by atoms with E-state index >= 15 is 0 Å². The Hall–Kier alpha value is -3.14. The topological polar surface area (TPSA) is 26.2 Å². The lowest BCUT2D eigenvalue weighted by Crippen LogP contribution is -2.11. The number of para-hydroxylation sites is 2. The summed E-state index contributed by atoms with van der Waals surface area (Å²) >= 11 is 12.9. The fourth-order valence-electron chi connectivity index (χ4n) is 4.90. The maximum Gasteiger partial charge on any atom is 0.119 e. The maximum atomic E-state index is 6.43. The summed E-state index contributed by atoms with van der Waals surface area (Å²) in [6.45, 7) is 5.25. The zero-order valence-electron chi connectivity index (χ0n) is 21.3. The molecule has 190 valence electrons. The lowest BCUT2D eigenvalue weighted by molar-refractivity contribution is 0.233. The van der Waals surface area contributed by atoms with Crippen LogP contribution in [0.15, 0.2) is 84.9 Å². The average molecular weight is 532 g/mol. The fourth-order valence-corrected chi connectivity index (χ4v) is 5.23. The van der Waals surface area contributed by atoms with Crippen molar-refractivity contribution >= 4 is 56.4 Å². The number of fused-ring (bicyclic) bond motifs is 3. The highest BCUT2D eigenvalue weighted by molar-refractivity contribution is 6.32. The van der Waals surface area contributed by atoms with Crippen molar-refractivity contribution in [2.24, 2.45) is 5.92 Å². The Morgan fingerprint density at radius 1 is 0.811 bits per heavy atom. The van der Waals surface area contributed by atoms with Gasteiger partial charge in [-0.15, -0.1) is 0 Å². The molecule has 5 rings (SSSR count). The van der Waals surface area contributed by atoms with E-state index in [0.29, 0.717) is 16.0 Å². The number of benzene rings is 4.